The Labute approximate surface area is 172 Å². The zero-order valence-electron chi connectivity index (χ0n) is 16.7. The molecule has 1 heterocycles. The van der Waals surface area contributed by atoms with Crippen molar-refractivity contribution in [2.24, 2.45) is 0 Å². The summed E-state index contributed by atoms with van der Waals surface area (Å²) in [6, 6.07) is 12.5. The van der Waals surface area contributed by atoms with Gasteiger partial charge in [-0.3, -0.25) is 29.6 Å². The molecule has 0 aliphatic rings. The normalized spacial score (nSPS) is 11.8. The Balaban J connectivity index is 1.62. The summed E-state index contributed by atoms with van der Waals surface area (Å²) < 4.78 is 21.3. The summed E-state index contributed by atoms with van der Waals surface area (Å²) >= 11 is 0. The second-order valence-corrected chi connectivity index (χ2v) is 6.76. The summed E-state index contributed by atoms with van der Waals surface area (Å²) in [5, 5.41) is 0. The van der Waals surface area contributed by atoms with E-state index >= 15 is 0 Å². The van der Waals surface area contributed by atoms with Crippen molar-refractivity contribution in [2.75, 3.05) is 0 Å². The Morgan fingerprint density at radius 1 is 1.03 bits per heavy atom. The van der Waals surface area contributed by atoms with Crippen LogP contribution in [0.3, 0.4) is 0 Å². The zero-order chi connectivity index (χ0) is 21.7. The number of hydrogen-bond donors (Lipinski definition) is 2. The first-order chi connectivity index (χ1) is 14.4. The van der Waals surface area contributed by atoms with Crippen LogP contribution in [0.5, 0.6) is 5.75 Å². The first-order valence-electron chi connectivity index (χ1n) is 9.59. The molecule has 8 nitrogen and oxygen atoms in total. The summed E-state index contributed by atoms with van der Waals surface area (Å²) in [7, 11) is 0. The van der Waals surface area contributed by atoms with E-state index in [9.17, 15) is 18.8 Å². The van der Waals surface area contributed by atoms with Gasteiger partial charge in [-0.2, -0.15) is 0 Å². The highest BCUT2D eigenvalue weighted by Gasteiger charge is 2.18. The van der Waals surface area contributed by atoms with Gasteiger partial charge in [0.05, 0.1) is 11.0 Å². The number of nitrogens with zero attached hydrogens (tertiary/aromatic N) is 2. The number of aromatic nitrogens is 2. The first-order valence-corrected chi connectivity index (χ1v) is 9.59. The fourth-order valence-corrected chi connectivity index (χ4v) is 3.05. The molecule has 0 saturated heterocycles. The van der Waals surface area contributed by atoms with Crippen LogP contribution in [-0.4, -0.2) is 27.1 Å². The van der Waals surface area contributed by atoms with Gasteiger partial charge in [-0.1, -0.05) is 19.1 Å². The number of fused-ring (bicyclic) bond motifs is 1. The first kappa shape index (κ1) is 21.1. The lowest BCUT2D eigenvalue weighted by Crippen LogP contribution is -2.48. The molecule has 158 valence electrons. The van der Waals surface area contributed by atoms with Gasteiger partial charge in [0.25, 0.3) is 11.8 Å². The average molecular weight is 414 g/mol. The van der Waals surface area contributed by atoms with Crippen LogP contribution in [0.1, 0.15) is 20.3 Å². The molecule has 0 fully saturated rings. The fourth-order valence-electron chi connectivity index (χ4n) is 3.05. The van der Waals surface area contributed by atoms with Gasteiger partial charge < -0.3 is 4.74 Å². The summed E-state index contributed by atoms with van der Waals surface area (Å²) in [5.41, 5.74) is 5.68. The van der Waals surface area contributed by atoms with Crippen LogP contribution in [0, 0.1) is 5.82 Å². The van der Waals surface area contributed by atoms with E-state index in [1.165, 1.54) is 35.8 Å². The lowest BCUT2D eigenvalue weighted by atomic mass is 10.3. The summed E-state index contributed by atoms with van der Waals surface area (Å²) in [5.74, 6) is -1.24. The van der Waals surface area contributed by atoms with Gasteiger partial charge in [0.1, 0.15) is 18.1 Å². The Morgan fingerprint density at radius 3 is 2.30 bits per heavy atom. The third-order valence-electron chi connectivity index (χ3n) is 4.49. The molecule has 3 rings (SSSR count). The van der Waals surface area contributed by atoms with E-state index in [0.29, 0.717) is 17.8 Å². The van der Waals surface area contributed by atoms with Gasteiger partial charge in [0.15, 0.2) is 6.10 Å². The number of benzene rings is 2. The van der Waals surface area contributed by atoms with Gasteiger partial charge in [0.2, 0.25) is 0 Å². The molecule has 1 aromatic heterocycles. The van der Waals surface area contributed by atoms with Crippen LogP contribution in [0.4, 0.5) is 4.39 Å². The third kappa shape index (κ3) is 4.68. The molecule has 2 N–H and O–H groups in total. The molecule has 0 aliphatic heterocycles. The van der Waals surface area contributed by atoms with Gasteiger partial charge in [-0.05, 0) is 49.7 Å². The summed E-state index contributed by atoms with van der Waals surface area (Å²) in [4.78, 5) is 37.2. The van der Waals surface area contributed by atoms with Crippen molar-refractivity contribution in [3.05, 3.63) is 64.8 Å². The molecular formula is C21H23FN4O4. The smallest absolute Gasteiger partial charge is 0.329 e. The molecule has 2 aromatic carbocycles. The van der Waals surface area contributed by atoms with E-state index in [1.54, 1.807) is 16.7 Å². The predicted molar refractivity (Wildman–Crippen MR) is 109 cm³/mol. The Kier molecular flexibility index (Phi) is 6.51. The highest BCUT2D eigenvalue weighted by molar-refractivity contribution is 5.85. The van der Waals surface area contributed by atoms with Gasteiger partial charge in [0, 0.05) is 6.54 Å². The van der Waals surface area contributed by atoms with E-state index in [1.807, 2.05) is 19.1 Å². The van der Waals surface area contributed by atoms with Crippen molar-refractivity contribution in [2.45, 2.75) is 39.5 Å². The van der Waals surface area contributed by atoms with E-state index in [2.05, 4.69) is 10.9 Å². The number of halogens is 1. The monoisotopic (exact) mass is 414 g/mol. The van der Waals surface area contributed by atoms with Crippen LogP contribution in [0.15, 0.2) is 53.3 Å². The second-order valence-electron chi connectivity index (χ2n) is 6.76. The SMILES string of the molecule is CCCn1c(=O)n(CC(=O)NNC(=O)C(C)Oc2ccc(F)cc2)c2ccccc21. The maximum Gasteiger partial charge on any atom is 0.329 e. The van der Waals surface area contributed by atoms with Crippen molar-refractivity contribution in [1.82, 2.24) is 20.0 Å². The van der Waals surface area contributed by atoms with Crippen molar-refractivity contribution in [3.8, 4) is 5.75 Å². The highest BCUT2D eigenvalue weighted by Crippen LogP contribution is 2.14. The number of hydrazine groups is 1. The zero-order valence-corrected chi connectivity index (χ0v) is 16.7. The van der Waals surface area contributed by atoms with E-state index < -0.39 is 23.7 Å². The molecule has 30 heavy (non-hydrogen) atoms. The predicted octanol–water partition coefficient (Wildman–Crippen LogP) is 1.97. The number of carbonyl (C=O) groups excluding carboxylic acids is 2. The minimum absolute atomic E-state index is 0.246. The molecule has 0 radical (unpaired) electrons. The number of para-hydroxylation sites is 2. The van der Waals surface area contributed by atoms with Crippen molar-refractivity contribution < 1.29 is 18.7 Å². The highest BCUT2D eigenvalue weighted by atomic mass is 19.1. The molecule has 0 bridgehead atoms. The maximum absolute atomic E-state index is 12.9. The number of imidazole rings is 1. The number of ether oxygens (including phenoxy) is 1. The van der Waals surface area contributed by atoms with Crippen molar-refractivity contribution in [3.63, 3.8) is 0 Å². The van der Waals surface area contributed by atoms with Gasteiger partial charge in [-0.25, -0.2) is 9.18 Å². The molecule has 0 saturated carbocycles. The molecule has 1 unspecified atom stereocenters. The number of aryl methyl sites for hydroxylation is 1. The van der Waals surface area contributed by atoms with Crippen LogP contribution in [-0.2, 0) is 22.7 Å². The molecular weight excluding hydrogens is 391 g/mol. The minimum Gasteiger partial charge on any atom is -0.481 e. The molecule has 2 amide bonds. The van der Waals surface area contributed by atoms with Crippen LogP contribution < -0.4 is 21.3 Å². The number of nitrogens with one attached hydrogen (secondary N) is 2. The maximum atomic E-state index is 12.9. The second kappa shape index (κ2) is 9.25. The topological polar surface area (TPSA) is 94.4 Å². The van der Waals surface area contributed by atoms with Gasteiger partial charge >= 0.3 is 5.69 Å². The van der Waals surface area contributed by atoms with Crippen LogP contribution >= 0.6 is 0 Å². The van der Waals surface area contributed by atoms with E-state index in [0.717, 1.165) is 11.9 Å². The lowest BCUT2D eigenvalue weighted by Gasteiger charge is -2.15. The van der Waals surface area contributed by atoms with E-state index in [4.69, 9.17) is 4.74 Å². The Hall–Kier alpha value is -3.62. The van der Waals surface area contributed by atoms with Crippen LogP contribution in [0.25, 0.3) is 11.0 Å². The number of hydrogen-bond acceptors (Lipinski definition) is 4. The largest absolute Gasteiger partial charge is 0.481 e. The molecule has 1 atom stereocenters. The molecule has 3 aromatic rings. The van der Waals surface area contributed by atoms with Crippen LogP contribution in [0.2, 0.25) is 0 Å². The molecule has 0 aliphatic carbocycles. The summed E-state index contributed by atoms with van der Waals surface area (Å²) in [6.45, 7) is 3.76. The number of amides is 2. The average Bonchev–Trinajstić information content (AvgIpc) is 3.00. The van der Waals surface area contributed by atoms with Crippen molar-refractivity contribution >= 4 is 22.8 Å². The van der Waals surface area contributed by atoms with Gasteiger partial charge in [-0.15, -0.1) is 0 Å². The standard InChI is InChI=1S/C21H23FN4O4/c1-3-12-25-17-6-4-5-7-18(17)26(21(25)29)13-19(27)23-24-20(28)14(2)30-16-10-8-15(22)9-11-16/h4-11,14H,3,12-13H2,1-2H3,(H,23,27)(H,24,28). The molecule has 9 heteroatoms. The molecule has 0 spiro atoms. The van der Waals surface area contributed by atoms with E-state index in [-0.39, 0.29) is 12.2 Å². The fraction of sp³-hybridized carbons (Fsp3) is 0.286. The Bertz CT molecular complexity index is 1100. The minimum atomic E-state index is -0.926. The number of carbonyl (C=O) groups is 2. The quantitative estimate of drug-likeness (QED) is 0.578. The van der Waals surface area contributed by atoms with Crippen molar-refractivity contribution in [1.29, 1.82) is 0 Å². The Morgan fingerprint density at radius 2 is 1.67 bits per heavy atom. The third-order valence-corrected chi connectivity index (χ3v) is 4.49. The lowest BCUT2D eigenvalue weighted by molar-refractivity contribution is -0.132. The number of rotatable bonds is 7. The summed E-state index contributed by atoms with van der Waals surface area (Å²) in [6.07, 6.45) is -0.146.